The Bertz CT molecular complexity index is 667. The van der Waals surface area contributed by atoms with Crippen LogP contribution >= 0.6 is 0 Å². The van der Waals surface area contributed by atoms with E-state index in [2.05, 4.69) is 4.40 Å². The van der Waals surface area contributed by atoms with Crippen LogP contribution in [0.5, 0.6) is 0 Å². The molecule has 0 radical (unpaired) electrons. The van der Waals surface area contributed by atoms with Gasteiger partial charge in [-0.15, -0.1) is 0 Å². The quantitative estimate of drug-likeness (QED) is 0.267. The average Bonchev–Trinajstić information content (AvgIpc) is 2.12. The van der Waals surface area contributed by atoms with Crippen LogP contribution in [0.3, 0.4) is 0 Å². The molecule has 1 aromatic carbocycles. The first-order chi connectivity index (χ1) is 7.59. The van der Waals surface area contributed by atoms with Crippen molar-refractivity contribution in [3.63, 3.8) is 0 Å². The van der Waals surface area contributed by atoms with Crippen molar-refractivity contribution in [2.75, 3.05) is 12.0 Å². The van der Waals surface area contributed by atoms with Crippen molar-refractivity contribution >= 4 is 32.0 Å². The van der Waals surface area contributed by atoms with Crippen LogP contribution in [0.15, 0.2) is 27.5 Å². The van der Waals surface area contributed by atoms with Gasteiger partial charge in [-0.2, -0.15) is 4.40 Å². The number of sulfonamides is 1. The first-order valence-corrected chi connectivity index (χ1v) is 7.46. The molecule has 10 heteroatoms. The van der Waals surface area contributed by atoms with Gasteiger partial charge in [-0.05, 0) is 12.1 Å². The summed E-state index contributed by atoms with van der Waals surface area (Å²) in [5.74, 6) is 0. The maximum absolute atomic E-state index is 10.8. The molecule has 0 spiro atoms. The second kappa shape index (κ2) is 6.13. The van der Waals surface area contributed by atoms with Gasteiger partial charge in [0.15, 0.2) is 0 Å². The van der Waals surface area contributed by atoms with Crippen molar-refractivity contribution in [3.05, 3.63) is 23.8 Å². The molecule has 2 N–H and O–H groups in total. The minimum Gasteiger partial charge on any atom is -0.744 e. The number of nitrogen functional groups attached to an aromatic ring is 1. The van der Waals surface area contributed by atoms with Crippen LogP contribution in [0.1, 0.15) is 5.56 Å². The first-order valence-electron chi connectivity index (χ1n) is 4.20. The predicted octanol–water partition coefficient (Wildman–Crippen LogP) is -3.44. The molecule has 0 aliphatic rings. The van der Waals surface area contributed by atoms with E-state index in [1.165, 1.54) is 6.07 Å². The second-order valence-corrected chi connectivity index (χ2v) is 6.27. The van der Waals surface area contributed by atoms with E-state index in [1.54, 1.807) is 0 Å². The first kappa shape index (κ1) is 17.6. The van der Waals surface area contributed by atoms with Crippen LogP contribution < -0.4 is 35.3 Å². The van der Waals surface area contributed by atoms with Crippen molar-refractivity contribution in [2.24, 2.45) is 4.40 Å². The Morgan fingerprint density at radius 1 is 1.28 bits per heavy atom. The second-order valence-electron chi connectivity index (χ2n) is 3.21. The smallest absolute Gasteiger partial charge is 0.744 e. The van der Waals surface area contributed by atoms with Crippen LogP contribution in [0.2, 0.25) is 0 Å². The molecule has 1 rings (SSSR count). The summed E-state index contributed by atoms with van der Waals surface area (Å²) in [5, 5.41) is 0. The van der Waals surface area contributed by atoms with E-state index in [0.29, 0.717) is 0 Å². The van der Waals surface area contributed by atoms with Crippen LogP contribution in [0, 0.1) is 0 Å². The van der Waals surface area contributed by atoms with Gasteiger partial charge >= 0.3 is 29.6 Å². The predicted molar refractivity (Wildman–Crippen MR) is 61.3 cm³/mol. The number of hydrogen-bond acceptors (Lipinski definition) is 6. The summed E-state index contributed by atoms with van der Waals surface area (Å²) in [7, 11) is -8.12. The third-order valence-electron chi connectivity index (χ3n) is 1.73. The SMILES string of the molecule is CS(=O)(=O)/N=C/c1ccc(S(=O)(=O)[O-])cc1N.[Na+]. The van der Waals surface area contributed by atoms with Gasteiger partial charge in [-0.1, -0.05) is 6.07 Å². The minimum absolute atomic E-state index is 0. The number of anilines is 1. The molecule has 94 valence electrons. The van der Waals surface area contributed by atoms with Crippen LogP contribution in [0.4, 0.5) is 5.69 Å². The number of benzene rings is 1. The van der Waals surface area contributed by atoms with E-state index >= 15 is 0 Å². The van der Waals surface area contributed by atoms with Crippen molar-refractivity contribution in [3.8, 4) is 0 Å². The molecule has 0 aliphatic heterocycles. The molecule has 0 unspecified atom stereocenters. The van der Waals surface area contributed by atoms with Gasteiger partial charge in [0.2, 0.25) is 10.0 Å². The summed E-state index contributed by atoms with van der Waals surface area (Å²) in [5.41, 5.74) is 5.62. The molecular weight excluding hydrogens is 291 g/mol. The van der Waals surface area contributed by atoms with Crippen LogP contribution in [-0.2, 0) is 20.1 Å². The fourth-order valence-corrected chi connectivity index (χ4v) is 1.79. The monoisotopic (exact) mass is 300 g/mol. The van der Waals surface area contributed by atoms with Crippen LogP contribution in [-0.4, -0.2) is 33.9 Å². The van der Waals surface area contributed by atoms with Crippen molar-refractivity contribution in [1.29, 1.82) is 0 Å². The topological polar surface area (TPSA) is 130 Å². The summed E-state index contributed by atoms with van der Waals surface area (Å²) in [4.78, 5) is -0.480. The third kappa shape index (κ3) is 5.46. The number of nitrogens with two attached hydrogens (primary N) is 1. The Morgan fingerprint density at radius 2 is 1.83 bits per heavy atom. The Labute approximate surface area is 127 Å². The molecule has 7 nitrogen and oxygen atoms in total. The zero-order valence-electron chi connectivity index (χ0n) is 9.69. The fraction of sp³-hybridized carbons (Fsp3) is 0.125. The molecule has 0 heterocycles. The molecule has 0 fully saturated rings. The maximum atomic E-state index is 10.8. The standard InChI is InChI=1S/C8H10N2O5S2.Na/c1-16(11,12)10-5-6-2-3-7(4-8(6)9)17(13,14)15;/h2-5H,9H2,1H3,(H,13,14,15);/q;+1/p-1/b10-5+;. The average molecular weight is 300 g/mol. The van der Waals surface area contributed by atoms with E-state index in [9.17, 15) is 21.4 Å². The Hall–Kier alpha value is -0.450. The normalized spacial score (nSPS) is 12.3. The van der Waals surface area contributed by atoms with E-state index in [1.807, 2.05) is 0 Å². The molecule has 0 atom stereocenters. The molecule has 18 heavy (non-hydrogen) atoms. The summed E-state index contributed by atoms with van der Waals surface area (Å²) >= 11 is 0. The number of nitrogens with zero attached hydrogens (tertiary/aromatic N) is 1. The van der Waals surface area contributed by atoms with Gasteiger partial charge in [0.05, 0.1) is 11.2 Å². The van der Waals surface area contributed by atoms with E-state index < -0.39 is 25.0 Å². The Kier molecular flexibility index (Phi) is 5.98. The minimum atomic E-state index is -4.58. The van der Waals surface area contributed by atoms with Crippen molar-refractivity contribution < 1.29 is 50.9 Å². The molecule has 0 amide bonds. The van der Waals surface area contributed by atoms with E-state index in [4.69, 9.17) is 5.73 Å². The van der Waals surface area contributed by atoms with Gasteiger partial charge < -0.3 is 10.3 Å². The van der Waals surface area contributed by atoms with E-state index in [0.717, 1.165) is 24.6 Å². The molecule has 0 saturated carbocycles. The zero-order valence-corrected chi connectivity index (χ0v) is 13.3. The van der Waals surface area contributed by atoms with Gasteiger partial charge in [0.25, 0.3) is 0 Å². The van der Waals surface area contributed by atoms with Crippen LogP contribution in [0.25, 0.3) is 0 Å². The summed E-state index contributed by atoms with van der Waals surface area (Å²) < 4.78 is 56.8. The Balaban J connectivity index is 0.00000289. The molecule has 0 saturated heterocycles. The molecule has 1 aromatic rings. The summed E-state index contributed by atoms with van der Waals surface area (Å²) in [6.45, 7) is 0. The van der Waals surface area contributed by atoms with Gasteiger partial charge in [-0.3, -0.25) is 0 Å². The summed E-state index contributed by atoms with van der Waals surface area (Å²) in [6.07, 6.45) is 1.88. The van der Waals surface area contributed by atoms with Gasteiger partial charge in [-0.25, -0.2) is 16.8 Å². The zero-order chi connectivity index (χ0) is 13.3. The van der Waals surface area contributed by atoms with Gasteiger partial charge in [0.1, 0.15) is 10.1 Å². The van der Waals surface area contributed by atoms with Gasteiger partial charge in [0, 0.05) is 17.5 Å². The molecule has 0 bridgehead atoms. The summed E-state index contributed by atoms with van der Waals surface area (Å²) in [6, 6.07) is 3.18. The molecular formula is C8H9N2NaO5S2. The molecule has 0 aliphatic carbocycles. The largest absolute Gasteiger partial charge is 1.00 e. The maximum Gasteiger partial charge on any atom is 1.00 e. The molecule has 0 aromatic heterocycles. The fourth-order valence-electron chi connectivity index (χ4n) is 0.978. The number of rotatable bonds is 3. The Morgan fingerprint density at radius 3 is 2.22 bits per heavy atom. The van der Waals surface area contributed by atoms with E-state index in [-0.39, 0.29) is 40.8 Å². The third-order valence-corrected chi connectivity index (χ3v) is 3.05. The number of hydrogen-bond donors (Lipinski definition) is 1. The van der Waals surface area contributed by atoms with Crippen molar-refractivity contribution in [1.82, 2.24) is 0 Å². The van der Waals surface area contributed by atoms with Crippen molar-refractivity contribution in [2.45, 2.75) is 4.90 Å².